The highest BCUT2D eigenvalue weighted by molar-refractivity contribution is 4.99. The summed E-state index contributed by atoms with van der Waals surface area (Å²) in [5.41, 5.74) is 0. The second kappa shape index (κ2) is 5.91. The van der Waals surface area contributed by atoms with Crippen LogP contribution in [0.15, 0.2) is 12.4 Å². The SMILES string of the molecule is CCCNCC(C)n1ccnc1C(C)C. The molecule has 0 spiro atoms. The number of aromatic nitrogens is 2. The van der Waals surface area contributed by atoms with E-state index in [0.717, 1.165) is 13.1 Å². The highest BCUT2D eigenvalue weighted by atomic mass is 15.1. The summed E-state index contributed by atoms with van der Waals surface area (Å²) in [4.78, 5) is 4.40. The molecule has 0 bridgehead atoms. The molecule has 15 heavy (non-hydrogen) atoms. The molecule has 0 aromatic carbocycles. The standard InChI is InChI=1S/C12H23N3/c1-5-6-13-9-11(4)15-8-7-14-12(15)10(2)3/h7-8,10-11,13H,5-6,9H2,1-4H3. The quantitative estimate of drug-likeness (QED) is 0.730. The van der Waals surface area contributed by atoms with Gasteiger partial charge in [-0.15, -0.1) is 0 Å². The molecule has 0 radical (unpaired) electrons. The van der Waals surface area contributed by atoms with Gasteiger partial charge in [0.1, 0.15) is 5.82 Å². The van der Waals surface area contributed by atoms with Gasteiger partial charge in [-0.3, -0.25) is 0 Å². The summed E-state index contributed by atoms with van der Waals surface area (Å²) in [6.45, 7) is 10.9. The van der Waals surface area contributed by atoms with Crippen molar-refractivity contribution >= 4 is 0 Å². The third-order valence-corrected chi connectivity index (χ3v) is 2.56. The van der Waals surface area contributed by atoms with Crippen LogP contribution in [0.4, 0.5) is 0 Å². The zero-order chi connectivity index (χ0) is 11.3. The van der Waals surface area contributed by atoms with E-state index in [-0.39, 0.29) is 0 Å². The maximum Gasteiger partial charge on any atom is 0.111 e. The summed E-state index contributed by atoms with van der Waals surface area (Å²) in [7, 11) is 0. The summed E-state index contributed by atoms with van der Waals surface area (Å²) in [6.07, 6.45) is 5.16. The Labute approximate surface area is 92.9 Å². The molecule has 0 aliphatic heterocycles. The van der Waals surface area contributed by atoms with Crippen molar-refractivity contribution in [1.29, 1.82) is 0 Å². The van der Waals surface area contributed by atoms with Gasteiger partial charge in [-0.1, -0.05) is 20.8 Å². The van der Waals surface area contributed by atoms with E-state index in [2.05, 4.69) is 48.8 Å². The van der Waals surface area contributed by atoms with Crippen LogP contribution in [0.2, 0.25) is 0 Å². The molecular weight excluding hydrogens is 186 g/mol. The van der Waals surface area contributed by atoms with Gasteiger partial charge in [-0.05, 0) is 19.9 Å². The van der Waals surface area contributed by atoms with Gasteiger partial charge in [0.05, 0.1) is 0 Å². The predicted molar refractivity (Wildman–Crippen MR) is 64.2 cm³/mol. The molecule has 1 aromatic rings. The Morgan fingerprint density at radius 1 is 1.40 bits per heavy atom. The van der Waals surface area contributed by atoms with Crippen molar-refractivity contribution in [2.24, 2.45) is 0 Å². The minimum Gasteiger partial charge on any atom is -0.331 e. The molecule has 0 saturated carbocycles. The zero-order valence-electron chi connectivity index (χ0n) is 10.3. The maximum atomic E-state index is 4.40. The van der Waals surface area contributed by atoms with Crippen molar-refractivity contribution in [2.75, 3.05) is 13.1 Å². The molecule has 3 nitrogen and oxygen atoms in total. The van der Waals surface area contributed by atoms with E-state index in [1.165, 1.54) is 12.2 Å². The minimum absolute atomic E-state index is 0.483. The highest BCUT2D eigenvalue weighted by Gasteiger charge is 2.11. The number of imidazole rings is 1. The lowest BCUT2D eigenvalue weighted by molar-refractivity contribution is 0.470. The lowest BCUT2D eigenvalue weighted by Crippen LogP contribution is -2.25. The topological polar surface area (TPSA) is 29.9 Å². The van der Waals surface area contributed by atoms with Crippen LogP contribution in [0.3, 0.4) is 0 Å². The fourth-order valence-electron chi connectivity index (χ4n) is 1.73. The summed E-state index contributed by atoms with van der Waals surface area (Å²) in [5.74, 6) is 1.68. The fourth-order valence-corrected chi connectivity index (χ4v) is 1.73. The molecule has 1 atom stereocenters. The fraction of sp³-hybridized carbons (Fsp3) is 0.750. The van der Waals surface area contributed by atoms with Crippen molar-refractivity contribution in [3.05, 3.63) is 18.2 Å². The average Bonchev–Trinajstić information content (AvgIpc) is 2.66. The summed E-state index contributed by atoms with van der Waals surface area (Å²) >= 11 is 0. The van der Waals surface area contributed by atoms with Gasteiger partial charge in [0.15, 0.2) is 0 Å². The van der Waals surface area contributed by atoms with Gasteiger partial charge < -0.3 is 9.88 Å². The summed E-state index contributed by atoms with van der Waals surface area (Å²) < 4.78 is 2.27. The third kappa shape index (κ3) is 3.34. The van der Waals surface area contributed by atoms with Crippen LogP contribution < -0.4 is 5.32 Å². The van der Waals surface area contributed by atoms with Crippen LogP contribution in [0, 0.1) is 0 Å². The van der Waals surface area contributed by atoms with Crippen molar-refractivity contribution in [3.63, 3.8) is 0 Å². The van der Waals surface area contributed by atoms with Gasteiger partial charge in [0.25, 0.3) is 0 Å². The number of rotatable bonds is 6. The monoisotopic (exact) mass is 209 g/mol. The summed E-state index contributed by atoms with van der Waals surface area (Å²) in [6, 6.07) is 0.483. The first-order valence-electron chi connectivity index (χ1n) is 5.90. The van der Waals surface area contributed by atoms with E-state index < -0.39 is 0 Å². The highest BCUT2D eigenvalue weighted by Crippen LogP contribution is 2.16. The van der Waals surface area contributed by atoms with Crippen LogP contribution in [-0.4, -0.2) is 22.6 Å². The first-order valence-corrected chi connectivity index (χ1v) is 5.90. The Morgan fingerprint density at radius 3 is 2.73 bits per heavy atom. The first-order chi connectivity index (χ1) is 7.16. The number of nitrogens with one attached hydrogen (secondary N) is 1. The molecule has 0 aliphatic rings. The Hall–Kier alpha value is -0.830. The lowest BCUT2D eigenvalue weighted by atomic mass is 10.2. The number of nitrogens with zero attached hydrogens (tertiary/aromatic N) is 2. The normalized spacial score (nSPS) is 13.4. The van der Waals surface area contributed by atoms with E-state index >= 15 is 0 Å². The Bertz CT molecular complexity index is 278. The molecular formula is C12H23N3. The molecule has 1 heterocycles. The lowest BCUT2D eigenvalue weighted by Gasteiger charge is -2.18. The molecule has 1 unspecified atom stereocenters. The molecule has 0 saturated heterocycles. The molecule has 1 N–H and O–H groups in total. The van der Waals surface area contributed by atoms with Crippen LogP contribution in [0.25, 0.3) is 0 Å². The van der Waals surface area contributed by atoms with Gasteiger partial charge in [0, 0.05) is 30.9 Å². The smallest absolute Gasteiger partial charge is 0.111 e. The van der Waals surface area contributed by atoms with E-state index in [1.807, 2.05) is 6.20 Å². The Kier molecular flexibility index (Phi) is 4.82. The van der Waals surface area contributed by atoms with Crippen LogP contribution >= 0.6 is 0 Å². The van der Waals surface area contributed by atoms with Gasteiger partial charge in [0.2, 0.25) is 0 Å². The van der Waals surface area contributed by atoms with Crippen molar-refractivity contribution in [2.45, 2.75) is 46.1 Å². The van der Waals surface area contributed by atoms with Crippen LogP contribution in [-0.2, 0) is 0 Å². The molecule has 0 aliphatic carbocycles. The molecule has 1 aromatic heterocycles. The Balaban J connectivity index is 2.56. The Morgan fingerprint density at radius 2 is 2.13 bits per heavy atom. The predicted octanol–water partition coefficient (Wildman–Crippen LogP) is 2.57. The van der Waals surface area contributed by atoms with Crippen molar-refractivity contribution < 1.29 is 0 Å². The van der Waals surface area contributed by atoms with Gasteiger partial charge in [-0.2, -0.15) is 0 Å². The van der Waals surface area contributed by atoms with E-state index in [1.54, 1.807) is 0 Å². The molecule has 0 fully saturated rings. The van der Waals surface area contributed by atoms with E-state index in [9.17, 15) is 0 Å². The van der Waals surface area contributed by atoms with Gasteiger partial charge >= 0.3 is 0 Å². The van der Waals surface area contributed by atoms with Crippen LogP contribution in [0.5, 0.6) is 0 Å². The molecule has 3 heteroatoms. The van der Waals surface area contributed by atoms with Crippen LogP contribution in [0.1, 0.15) is 51.9 Å². The second-order valence-corrected chi connectivity index (χ2v) is 4.40. The van der Waals surface area contributed by atoms with Crippen molar-refractivity contribution in [1.82, 2.24) is 14.9 Å². The third-order valence-electron chi connectivity index (χ3n) is 2.56. The molecule has 1 rings (SSSR count). The minimum atomic E-state index is 0.483. The summed E-state index contributed by atoms with van der Waals surface area (Å²) in [5, 5.41) is 3.44. The molecule has 86 valence electrons. The maximum absolute atomic E-state index is 4.40. The van der Waals surface area contributed by atoms with Gasteiger partial charge in [-0.25, -0.2) is 4.98 Å². The van der Waals surface area contributed by atoms with E-state index in [4.69, 9.17) is 0 Å². The first kappa shape index (κ1) is 12.2. The molecule has 0 amide bonds. The number of hydrogen-bond donors (Lipinski definition) is 1. The number of hydrogen-bond acceptors (Lipinski definition) is 2. The second-order valence-electron chi connectivity index (χ2n) is 4.40. The zero-order valence-corrected chi connectivity index (χ0v) is 10.3. The average molecular weight is 209 g/mol. The van der Waals surface area contributed by atoms with Crippen molar-refractivity contribution in [3.8, 4) is 0 Å². The van der Waals surface area contributed by atoms with E-state index in [0.29, 0.717) is 12.0 Å². The largest absolute Gasteiger partial charge is 0.331 e.